The molecule has 0 radical (unpaired) electrons. The fourth-order valence-electron chi connectivity index (χ4n) is 3.20. The van der Waals surface area contributed by atoms with Crippen LogP contribution in [0.25, 0.3) is 5.70 Å². The smallest absolute Gasteiger partial charge is 0.127 e. The van der Waals surface area contributed by atoms with Gasteiger partial charge in [-0.05, 0) is 55.0 Å². The van der Waals surface area contributed by atoms with Crippen molar-refractivity contribution in [1.82, 2.24) is 9.88 Å². The number of pyridine rings is 1. The van der Waals surface area contributed by atoms with E-state index in [1.807, 2.05) is 31.2 Å². The summed E-state index contributed by atoms with van der Waals surface area (Å²) >= 11 is 0. The van der Waals surface area contributed by atoms with E-state index < -0.39 is 0 Å². The van der Waals surface area contributed by atoms with Gasteiger partial charge < -0.3 is 10.6 Å². The Balaban J connectivity index is 1.64. The van der Waals surface area contributed by atoms with Gasteiger partial charge in [-0.1, -0.05) is 30.7 Å². The summed E-state index contributed by atoms with van der Waals surface area (Å²) in [6, 6.07) is 12.4. The molecule has 0 unspecified atom stereocenters. The molecule has 2 N–H and O–H groups in total. The van der Waals surface area contributed by atoms with Gasteiger partial charge in [0.1, 0.15) is 5.82 Å². The van der Waals surface area contributed by atoms with Gasteiger partial charge >= 0.3 is 0 Å². The van der Waals surface area contributed by atoms with Crippen LogP contribution in [0.1, 0.15) is 41.1 Å². The standard InChI is InChI=1S/C21H23N3/c1-4-17-6-8-18(9-7-17)19-11-13-24(14-12-19)16(3)20-10-5-15(2)21(22)23-20/h1,5-10,19H,3,11-14H2,2H3,(H2,22,23). The molecule has 24 heavy (non-hydrogen) atoms. The molecule has 1 aliphatic heterocycles. The summed E-state index contributed by atoms with van der Waals surface area (Å²) in [5.41, 5.74) is 11.1. The van der Waals surface area contributed by atoms with Gasteiger partial charge in [0.2, 0.25) is 0 Å². The van der Waals surface area contributed by atoms with E-state index in [0.717, 1.165) is 48.4 Å². The number of likely N-dealkylation sites (tertiary alicyclic amines) is 1. The first-order valence-corrected chi connectivity index (χ1v) is 8.32. The molecule has 1 saturated heterocycles. The minimum absolute atomic E-state index is 0.580. The van der Waals surface area contributed by atoms with E-state index in [-0.39, 0.29) is 0 Å². The molecule has 3 heteroatoms. The third-order valence-electron chi connectivity index (χ3n) is 4.86. The van der Waals surface area contributed by atoms with E-state index in [1.54, 1.807) is 0 Å². The van der Waals surface area contributed by atoms with Crippen LogP contribution in [0, 0.1) is 19.3 Å². The van der Waals surface area contributed by atoms with Gasteiger partial charge in [-0.15, -0.1) is 6.42 Å². The number of terminal acetylenes is 1. The molecule has 2 aromatic rings. The summed E-state index contributed by atoms with van der Waals surface area (Å²) in [6.07, 6.45) is 7.64. The molecule has 0 spiro atoms. The predicted molar refractivity (Wildman–Crippen MR) is 100 cm³/mol. The Morgan fingerprint density at radius 2 is 1.88 bits per heavy atom. The Labute approximate surface area is 144 Å². The number of piperidine rings is 1. The van der Waals surface area contributed by atoms with Crippen LogP contribution in [0.5, 0.6) is 0 Å². The second-order valence-corrected chi connectivity index (χ2v) is 6.37. The molecule has 1 aromatic carbocycles. The zero-order valence-corrected chi connectivity index (χ0v) is 14.1. The second-order valence-electron chi connectivity index (χ2n) is 6.37. The van der Waals surface area contributed by atoms with Crippen molar-refractivity contribution in [2.45, 2.75) is 25.7 Å². The molecule has 0 amide bonds. The zero-order chi connectivity index (χ0) is 17.1. The van der Waals surface area contributed by atoms with E-state index >= 15 is 0 Å². The molecule has 0 atom stereocenters. The number of hydrogen-bond acceptors (Lipinski definition) is 3. The molecule has 2 heterocycles. The van der Waals surface area contributed by atoms with Crippen molar-refractivity contribution in [2.75, 3.05) is 18.8 Å². The Bertz CT molecular complexity index is 776. The van der Waals surface area contributed by atoms with Gasteiger partial charge in [0, 0.05) is 18.7 Å². The molecule has 0 bridgehead atoms. The number of benzene rings is 1. The largest absolute Gasteiger partial charge is 0.383 e. The molecular formula is C21H23N3. The summed E-state index contributed by atoms with van der Waals surface area (Å²) in [5.74, 6) is 3.83. The van der Waals surface area contributed by atoms with E-state index in [9.17, 15) is 0 Å². The maximum atomic E-state index is 5.92. The number of nitrogens with two attached hydrogens (primary N) is 1. The summed E-state index contributed by atoms with van der Waals surface area (Å²) < 4.78 is 0. The van der Waals surface area contributed by atoms with Gasteiger partial charge in [-0.2, -0.15) is 0 Å². The zero-order valence-electron chi connectivity index (χ0n) is 14.1. The number of aromatic nitrogens is 1. The minimum atomic E-state index is 0.580. The summed E-state index contributed by atoms with van der Waals surface area (Å²) in [5, 5.41) is 0. The van der Waals surface area contributed by atoms with E-state index in [1.165, 1.54) is 5.56 Å². The molecule has 3 rings (SSSR count). The van der Waals surface area contributed by atoms with E-state index in [4.69, 9.17) is 12.2 Å². The van der Waals surface area contributed by atoms with Gasteiger partial charge in [0.25, 0.3) is 0 Å². The average Bonchev–Trinajstić information content (AvgIpc) is 2.63. The van der Waals surface area contributed by atoms with Crippen molar-refractivity contribution in [3.8, 4) is 12.3 Å². The molecule has 122 valence electrons. The van der Waals surface area contributed by atoms with Gasteiger partial charge in [0.15, 0.2) is 0 Å². The molecule has 0 aliphatic carbocycles. The maximum Gasteiger partial charge on any atom is 0.127 e. The highest BCUT2D eigenvalue weighted by molar-refractivity contribution is 5.61. The first kappa shape index (κ1) is 16.1. The van der Waals surface area contributed by atoms with Crippen LogP contribution < -0.4 is 5.73 Å². The van der Waals surface area contributed by atoms with Crippen molar-refractivity contribution < 1.29 is 0 Å². The van der Waals surface area contributed by atoms with Gasteiger partial charge in [-0.3, -0.25) is 0 Å². The number of nitrogen functional groups attached to an aromatic ring is 1. The van der Waals surface area contributed by atoms with Crippen molar-refractivity contribution in [3.63, 3.8) is 0 Å². The lowest BCUT2D eigenvalue weighted by molar-refractivity contribution is 0.298. The highest BCUT2D eigenvalue weighted by Gasteiger charge is 2.22. The fraction of sp³-hybridized carbons (Fsp3) is 0.286. The molecule has 0 saturated carbocycles. The molecule has 1 aromatic heterocycles. The van der Waals surface area contributed by atoms with Gasteiger partial charge in [0.05, 0.1) is 11.4 Å². The van der Waals surface area contributed by atoms with Crippen molar-refractivity contribution in [3.05, 3.63) is 65.4 Å². The molecule has 1 aliphatic rings. The molecule has 1 fully saturated rings. The quantitative estimate of drug-likeness (QED) is 0.876. The molecule has 3 nitrogen and oxygen atoms in total. The number of anilines is 1. The van der Waals surface area contributed by atoms with Crippen molar-refractivity contribution in [2.24, 2.45) is 0 Å². The van der Waals surface area contributed by atoms with Crippen LogP contribution in [0.15, 0.2) is 43.0 Å². The van der Waals surface area contributed by atoms with Crippen LogP contribution in [0.3, 0.4) is 0 Å². The number of aryl methyl sites for hydroxylation is 1. The lowest BCUT2D eigenvalue weighted by Gasteiger charge is -2.34. The first-order valence-electron chi connectivity index (χ1n) is 8.32. The normalized spacial score (nSPS) is 15.1. The Hall–Kier alpha value is -2.73. The van der Waals surface area contributed by atoms with Crippen molar-refractivity contribution >= 4 is 11.5 Å². The van der Waals surface area contributed by atoms with Crippen LogP contribution in [0.4, 0.5) is 5.82 Å². The second kappa shape index (κ2) is 6.80. The Morgan fingerprint density at radius 1 is 1.21 bits per heavy atom. The average molecular weight is 317 g/mol. The van der Waals surface area contributed by atoms with Crippen LogP contribution in [-0.2, 0) is 0 Å². The highest BCUT2D eigenvalue weighted by Crippen LogP contribution is 2.31. The first-order chi connectivity index (χ1) is 11.6. The van der Waals surface area contributed by atoms with Gasteiger partial charge in [-0.25, -0.2) is 4.98 Å². The van der Waals surface area contributed by atoms with Crippen LogP contribution >= 0.6 is 0 Å². The third-order valence-corrected chi connectivity index (χ3v) is 4.86. The molecular weight excluding hydrogens is 294 g/mol. The number of rotatable bonds is 3. The Kier molecular flexibility index (Phi) is 4.57. The summed E-state index contributed by atoms with van der Waals surface area (Å²) in [6.45, 7) is 8.15. The third kappa shape index (κ3) is 3.28. The maximum absolute atomic E-state index is 5.92. The monoisotopic (exact) mass is 317 g/mol. The van der Waals surface area contributed by atoms with Crippen LogP contribution in [0.2, 0.25) is 0 Å². The summed E-state index contributed by atoms with van der Waals surface area (Å²) in [7, 11) is 0. The lowest BCUT2D eigenvalue weighted by atomic mass is 9.88. The lowest BCUT2D eigenvalue weighted by Crippen LogP contribution is -2.31. The fourth-order valence-corrected chi connectivity index (χ4v) is 3.20. The van der Waals surface area contributed by atoms with E-state index in [0.29, 0.717) is 11.7 Å². The number of nitrogens with zero attached hydrogens (tertiary/aromatic N) is 2. The highest BCUT2D eigenvalue weighted by atomic mass is 15.1. The Morgan fingerprint density at radius 3 is 2.46 bits per heavy atom. The van der Waals surface area contributed by atoms with E-state index in [2.05, 4.69) is 34.5 Å². The minimum Gasteiger partial charge on any atom is -0.383 e. The van der Waals surface area contributed by atoms with Crippen LogP contribution in [-0.4, -0.2) is 23.0 Å². The predicted octanol–water partition coefficient (Wildman–Crippen LogP) is 3.80. The number of hydrogen-bond donors (Lipinski definition) is 1. The van der Waals surface area contributed by atoms with Crippen molar-refractivity contribution in [1.29, 1.82) is 0 Å². The summed E-state index contributed by atoms with van der Waals surface area (Å²) in [4.78, 5) is 6.77. The topological polar surface area (TPSA) is 42.1 Å². The SMILES string of the molecule is C#Cc1ccc(C2CCN(C(=C)c3ccc(C)c(N)n3)CC2)cc1.